The molecule has 2 aliphatic heterocycles. The zero-order valence-electron chi connectivity index (χ0n) is 18.3. The first kappa shape index (κ1) is 22.4. The number of nitrogens with zero attached hydrogens (tertiary/aromatic N) is 3. The summed E-state index contributed by atoms with van der Waals surface area (Å²) in [5, 5.41) is 7.94. The molecule has 2 saturated heterocycles. The van der Waals surface area contributed by atoms with E-state index in [1.807, 2.05) is 13.1 Å². The van der Waals surface area contributed by atoms with Gasteiger partial charge in [-0.1, -0.05) is 23.7 Å². The van der Waals surface area contributed by atoms with E-state index in [4.69, 9.17) is 11.6 Å². The molecule has 1 aromatic carbocycles. The van der Waals surface area contributed by atoms with Crippen molar-refractivity contribution in [3.63, 3.8) is 0 Å². The second kappa shape index (κ2) is 11.2. The van der Waals surface area contributed by atoms with Gasteiger partial charge in [0.15, 0.2) is 5.96 Å². The molecule has 0 radical (unpaired) electrons. The Hall–Kier alpha value is -1.30. The summed E-state index contributed by atoms with van der Waals surface area (Å²) < 4.78 is 0. The van der Waals surface area contributed by atoms with E-state index in [1.54, 1.807) is 0 Å². The summed E-state index contributed by atoms with van der Waals surface area (Å²) in [5.41, 5.74) is 1.32. The molecule has 6 heteroatoms. The highest BCUT2D eigenvalue weighted by atomic mass is 35.5. The lowest BCUT2D eigenvalue weighted by Crippen LogP contribution is -2.45. The predicted molar refractivity (Wildman–Crippen MR) is 124 cm³/mol. The Balaban J connectivity index is 1.49. The van der Waals surface area contributed by atoms with Gasteiger partial charge in [0.1, 0.15) is 0 Å². The van der Waals surface area contributed by atoms with Crippen LogP contribution in [0.25, 0.3) is 0 Å². The van der Waals surface area contributed by atoms with Crippen molar-refractivity contribution in [2.75, 3.05) is 53.9 Å². The molecule has 2 aliphatic rings. The minimum absolute atomic E-state index is 0.396. The number of halogens is 1. The Kier molecular flexibility index (Phi) is 8.64. The lowest BCUT2D eigenvalue weighted by atomic mass is 9.85. The van der Waals surface area contributed by atoms with Gasteiger partial charge in [-0.05, 0) is 95.4 Å². The zero-order chi connectivity index (χ0) is 20.6. The molecule has 29 heavy (non-hydrogen) atoms. The molecule has 0 saturated carbocycles. The average Bonchev–Trinajstić information content (AvgIpc) is 2.72. The first-order valence-electron chi connectivity index (χ1n) is 11.2. The monoisotopic (exact) mass is 419 g/mol. The number of guanidine groups is 1. The van der Waals surface area contributed by atoms with E-state index in [2.05, 4.69) is 57.7 Å². The molecule has 0 amide bonds. The summed E-state index contributed by atoms with van der Waals surface area (Å²) in [7, 11) is 6.32. The van der Waals surface area contributed by atoms with Gasteiger partial charge < -0.3 is 15.5 Å². The minimum Gasteiger partial charge on any atom is -0.356 e. The van der Waals surface area contributed by atoms with Crippen LogP contribution in [-0.2, 0) is 0 Å². The van der Waals surface area contributed by atoms with Crippen LogP contribution in [0.1, 0.15) is 43.7 Å². The quantitative estimate of drug-likeness (QED) is 0.546. The van der Waals surface area contributed by atoms with E-state index in [1.165, 1.54) is 50.8 Å². The van der Waals surface area contributed by atoms with Crippen molar-refractivity contribution in [2.45, 2.75) is 38.1 Å². The van der Waals surface area contributed by atoms with E-state index < -0.39 is 0 Å². The van der Waals surface area contributed by atoms with Gasteiger partial charge in [-0.25, -0.2) is 0 Å². The third kappa shape index (κ3) is 6.59. The molecule has 2 atom stereocenters. The van der Waals surface area contributed by atoms with Crippen LogP contribution in [-0.4, -0.2) is 69.6 Å². The molecule has 2 fully saturated rings. The molecule has 2 N–H and O–H groups in total. The number of piperidine rings is 2. The Morgan fingerprint density at radius 2 is 1.93 bits per heavy atom. The van der Waals surface area contributed by atoms with E-state index in [-0.39, 0.29) is 0 Å². The van der Waals surface area contributed by atoms with Crippen molar-refractivity contribution in [1.82, 2.24) is 20.4 Å². The fourth-order valence-corrected chi connectivity index (χ4v) is 5.08. The standard InChI is InChI=1S/C23H38ClN5/c1-25-23(26-12-9-18-10-14-28(2)15-11-18)27-17-20-7-5-13-29(3)22(20)19-6-4-8-21(24)16-19/h4,6,8,16,18,20,22H,5,7,9-15,17H2,1-3H3,(H2,25,26,27). The summed E-state index contributed by atoms with van der Waals surface area (Å²) in [6.45, 7) is 5.53. The average molecular weight is 420 g/mol. The van der Waals surface area contributed by atoms with Crippen LogP contribution in [0.2, 0.25) is 5.02 Å². The summed E-state index contributed by atoms with van der Waals surface area (Å²) in [6, 6.07) is 8.74. The molecule has 0 spiro atoms. The summed E-state index contributed by atoms with van der Waals surface area (Å²) in [4.78, 5) is 9.35. The van der Waals surface area contributed by atoms with Crippen molar-refractivity contribution in [3.05, 3.63) is 34.9 Å². The molecule has 0 aliphatic carbocycles. The number of nitrogens with one attached hydrogen (secondary N) is 2. The van der Waals surface area contributed by atoms with Gasteiger partial charge in [0, 0.05) is 31.2 Å². The Labute approximate surface area is 181 Å². The maximum atomic E-state index is 6.27. The third-order valence-electron chi connectivity index (χ3n) is 6.64. The van der Waals surface area contributed by atoms with Crippen LogP contribution in [0.4, 0.5) is 0 Å². The molecule has 5 nitrogen and oxygen atoms in total. The molecule has 2 unspecified atom stereocenters. The number of benzene rings is 1. The first-order chi connectivity index (χ1) is 14.1. The first-order valence-corrected chi connectivity index (χ1v) is 11.5. The van der Waals surface area contributed by atoms with E-state index in [0.717, 1.165) is 36.5 Å². The lowest BCUT2D eigenvalue weighted by Gasteiger charge is -2.40. The lowest BCUT2D eigenvalue weighted by molar-refractivity contribution is 0.122. The molecule has 1 aromatic rings. The van der Waals surface area contributed by atoms with Crippen LogP contribution in [0.15, 0.2) is 29.3 Å². The normalized spacial score (nSPS) is 25.2. The Bertz CT molecular complexity index is 656. The fraction of sp³-hybridized carbons (Fsp3) is 0.696. The highest BCUT2D eigenvalue weighted by Gasteiger charge is 2.30. The third-order valence-corrected chi connectivity index (χ3v) is 6.87. The SMILES string of the molecule is CN=C(NCCC1CCN(C)CC1)NCC1CCCN(C)C1c1cccc(Cl)c1. The second-order valence-corrected chi connectivity index (χ2v) is 9.23. The fourth-order valence-electron chi connectivity index (χ4n) is 4.88. The second-order valence-electron chi connectivity index (χ2n) is 8.80. The van der Waals surface area contributed by atoms with E-state index in [9.17, 15) is 0 Å². The van der Waals surface area contributed by atoms with Crippen molar-refractivity contribution in [1.29, 1.82) is 0 Å². The van der Waals surface area contributed by atoms with Crippen molar-refractivity contribution >= 4 is 17.6 Å². The highest BCUT2D eigenvalue weighted by Crippen LogP contribution is 2.35. The molecular formula is C23H38ClN5. The number of likely N-dealkylation sites (tertiary alicyclic amines) is 2. The molecule has 3 rings (SSSR count). The minimum atomic E-state index is 0.396. The van der Waals surface area contributed by atoms with Gasteiger partial charge >= 0.3 is 0 Å². The van der Waals surface area contributed by atoms with Crippen LogP contribution in [0, 0.1) is 11.8 Å². The smallest absolute Gasteiger partial charge is 0.190 e. The van der Waals surface area contributed by atoms with Crippen molar-refractivity contribution in [3.8, 4) is 0 Å². The van der Waals surface area contributed by atoms with Gasteiger partial charge in [0.2, 0.25) is 0 Å². The maximum absolute atomic E-state index is 6.27. The van der Waals surface area contributed by atoms with Crippen molar-refractivity contribution < 1.29 is 0 Å². The zero-order valence-corrected chi connectivity index (χ0v) is 19.1. The number of hydrogen-bond donors (Lipinski definition) is 2. The summed E-state index contributed by atoms with van der Waals surface area (Å²) >= 11 is 6.27. The largest absolute Gasteiger partial charge is 0.356 e. The summed E-state index contributed by atoms with van der Waals surface area (Å²) in [5.74, 6) is 2.31. The van der Waals surface area contributed by atoms with Gasteiger partial charge in [0.25, 0.3) is 0 Å². The van der Waals surface area contributed by atoms with Gasteiger partial charge in [-0.15, -0.1) is 0 Å². The Morgan fingerprint density at radius 1 is 1.14 bits per heavy atom. The summed E-state index contributed by atoms with van der Waals surface area (Å²) in [6.07, 6.45) is 6.33. The Morgan fingerprint density at radius 3 is 2.66 bits per heavy atom. The van der Waals surface area contributed by atoms with E-state index in [0.29, 0.717) is 12.0 Å². The van der Waals surface area contributed by atoms with Gasteiger partial charge in [-0.2, -0.15) is 0 Å². The van der Waals surface area contributed by atoms with Gasteiger partial charge in [-0.3, -0.25) is 9.89 Å². The molecular weight excluding hydrogens is 382 g/mol. The predicted octanol–water partition coefficient (Wildman–Crippen LogP) is 3.62. The molecule has 0 aromatic heterocycles. The number of hydrogen-bond acceptors (Lipinski definition) is 3. The number of aliphatic imine (C=N–C) groups is 1. The van der Waals surface area contributed by atoms with Crippen LogP contribution < -0.4 is 10.6 Å². The van der Waals surface area contributed by atoms with E-state index >= 15 is 0 Å². The van der Waals surface area contributed by atoms with Gasteiger partial charge in [0.05, 0.1) is 0 Å². The maximum Gasteiger partial charge on any atom is 0.190 e. The topological polar surface area (TPSA) is 42.9 Å². The van der Waals surface area contributed by atoms with Crippen LogP contribution in [0.3, 0.4) is 0 Å². The molecule has 0 bridgehead atoms. The van der Waals surface area contributed by atoms with Crippen LogP contribution in [0.5, 0.6) is 0 Å². The van der Waals surface area contributed by atoms with Crippen molar-refractivity contribution in [2.24, 2.45) is 16.8 Å². The van der Waals surface area contributed by atoms with Crippen LogP contribution >= 0.6 is 11.6 Å². The number of rotatable bonds is 6. The highest BCUT2D eigenvalue weighted by molar-refractivity contribution is 6.30. The molecule has 2 heterocycles. The molecule has 162 valence electrons.